The largest absolute Gasteiger partial charge is 0.487 e. The molecule has 3 N–H and O–H groups in total. The number of benzene rings is 3. The first-order valence-electron chi connectivity index (χ1n) is 13.6. The number of likely N-dealkylation sites (N-methyl/N-ethyl adjacent to an activating group) is 2. The fraction of sp³-hybridized carbons (Fsp3) is 0.188. The molecule has 228 valence electrons. The van der Waals surface area contributed by atoms with E-state index in [4.69, 9.17) is 16.3 Å². The molecule has 0 atom stereocenters. The first-order chi connectivity index (χ1) is 21.1. The number of rotatable bonds is 14. The molecule has 0 bridgehead atoms. The molecule has 3 aromatic carbocycles. The number of nitrogens with one attached hydrogen (secondary N) is 3. The Morgan fingerprint density at radius 2 is 1.86 bits per heavy atom. The van der Waals surface area contributed by atoms with Crippen molar-refractivity contribution in [1.82, 2.24) is 14.9 Å². The van der Waals surface area contributed by atoms with Gasteiger partial charge in [0.05, 0.1) is 22.1 Å². The van der Waals surface area contributed by atoms with Crippen LogP contribution in [0.25, 0.3) is 0 Å². The minimum Gasteiger partial charge on any atom is -0.487 e. The maximum Gasteiger partial charge on any atom is 0.247 e. The Morgan fingerprint density at radius 3 is 2.57 bits per heavy atom. The van der Waals surface area contributed by atoms with E-state index in [9.17, 15) is 14.0 Å². The standard InChI is InChI=1S/C32H33ClFN7O3/c1-5-31(43)37-27-18-26(22(19-42)16-28(27)41(4)14-13-40(2)3)38-32-35-12-11-30(39-32)36-24-9-10-29(25(33)17-24)44-20-21-7-6-8-23(34)15-21/h5-12,15-19H,1,13-14,20H2,2-4H3,(H,37,43)(H2,35,36,38,39). The van der Waals surface area contributed by atoms with Gasteiger partial charge in [-0.1, -0.05) is 30.3 Å². The highest BCUT2D eigenvalue weighted by atomic mass is 35.5. The molecular weight excluding hydrogens is 585 g/mol. The lowest BCUT2D eigenvalue weighted by Gasteiger charge is -2.25. The van der Waals surface area contributed by atoms with Crippen LogP contribution in [0.2, 0.25) is 5.02 Å². The third kappa shape index (κ3) is 8.76. The number of ether oxygens (including phenoxy) is 1. The Kier molecular flexibility index (Phi) is 10.8. The Balaban J connectivity index is 1.51. The molecule has 0 spiro atoms. The van der Waals surface area contributed by atoms with Crippen LogP contribution >= 0.6 is 11.6 Å². The summed E-state index contributed by atoms with van der Waals surface area (Å²) >= 11 is 6.44. The van der Waals surface area contributed by atoms with Gasteiger partial charge in [-0.05, 0) is 74.3 Å². The molecule has 1 amide bonds. The maximum absolute atomic E-state index is 13.4. The molecule has 1 heterocycles. The molecule has 0 aliphatic heterocycles. The maximum atomic E-state index is 13.4. The predicted molar refractivity (Wildman–Crippen MR) is 173 cm³/mol. The van der Waals surface area contributed by atoms with Gasteiger partial charge in [0, 0.05) is 37.6 Å². The second-order valence-corrected chi connectivity index (χ2v) is 10.5. The number of carbonyl (C=O) groups is 2. The smallest absolute Gasteiger partial charge is 0.247 e. The summed E-state index contributed by atoms with van der Waals surface area (Å²) in [5.74, 6) is 0.401. The fourth-order valence-electron chi connectivity index (χ4n) is 4.12. The van der Waals surface area contributed by atoms with Crippen molar-refractivity contribution in [3.05, 3.63) is 101 Å². The first-order valence-corrected chi connectivity index (χ1v) is 14.0. The highest BCUT2D eigenvalue weighted by molar-refractivity contribution is 6.32. The molecule has 1 aromatic heterocycles. The van der Waals surface area contributed by atoms with E-state index < -0.39 is 0 Å². The summed E-state index contributed by atoms with van der Waals surface area (Å²) in [6.07, 6.45) is 3.46. The van der Waals surface area contributed by atoms with Crippen molar-refractivity contribution in [3.63, 3.8) is 0 Å². The van der Waals surface area contributed by atoms with E-state index in [0.717, 1.165) is 12.8 Å². The van der Waals surface area contributed by atoms with Gasteiger partial charge in [-0.25, -0.2) is 9.37 Å². The second kappa shape index (κ2) is 14.9. The lowest BCUT2D eigenvalue weighted by Crippen LogP contribution is -2.29. The van der Waals surface area contributed by atoms with Gasteiger partial charge in [-0.2, -0.15) is 4.98 Å². The molecule has 0 unspecified atom stereocenters. The highest BCUT2D eigenvalue weighted by Crippen LogP contribution is 2.33. The van der Waals surface area contributed by atoms with E-state index in [2.05, 4.69) is 32.5 Å². The summed E-state index contributed by atoms with van der Waals surface area (Å²) in [5.41, 5.74) is 3.26. The zero-order chi connectivity index (χ0) is 31.6. The minimum atomic E-state index is -0.386. The zero-order valence-electron chi connectivity index (χ0n) is 24.6. The number of aldehydes is 1. The molecule has 0 fully saturated rings. The minimum absolute atomic E-state index is 0.167. The molecule has 10 nitrogen and oxygen atoms in total. The normalized spacial score (nSPS) is 10.7. The molecule has 0 aliphatic carbocycles. The van der Waals surface area contributed by atoms with E-state index in [1.165, 1.54) is 18.2 Å². The molecule has 0 saturated carbocycles. The summed E-state index contributed by atoms with van der Waals surface area (Å²) in [6.45, 7) is 5.13. The van der Waals surface area contributed by atoms with Gasteiger partial charge in [0.15, 0.2) is 6.29 Å². The second-order valence-electron chi connectivity index (χ2n) is 10.1. The molecule has 0 aliphatic rings. The van der Waals surface area contributed by atoms with Crippen LogP contribution in [0.3, 0.4) is 0 Å². The van der Waals surface area contributed by atoms with Crippen molar-refractivity contribution in [2.24, 2.45) is 0 Å². The summed E-state index contributed by atoms with van der Waals surface area (Å²) < 4.78 is 19.2. The van der Waals surface area contributed by atoms with Gasteiger partial charge >= 0.3 is 0 Å². The predicted octanol–water partition coefficient (Wildman–Crippen LogP) is 6.27. The lowest BCUT2D eigenvalue weighted by atomic mass is 10.1. The topological polar surface area (TPSA) is 112 Å². The highest BCUT2D eigenvalue weighted by Gasteiger charge is 2.16. The quantitative estimate of drug-likeness (QED) is 0.111. The average Bonchev–Trinajstić information content (AvgIpc) is 2.99. The van der Waals surface area contributed by atoms with E-state index in [0.29, 0.717) is 57.0 Å². The molecule has 4 rings (SSSR count). The number of halogens is 2. The zero-order valence-corrected chi connectivity index (χ0v) is 25.4. The van der Waals surface area contributed by atoms with Crippen molar-refractivity contribution in [3.8, 4) is 5.75 Å². The average molecular weight is 618 g/mol. The molecule has 4 aromatic rings. The Hall–Kier alpha value is -5.00. The molecule has 0 radical (unpaired) electrons. The van der Waals surface area contributed by atoms with Crippen LogP contribution in [0, 0.1) is 5.82 Å². The van der Waals surface area contributed by atoms with E-state index >= 15 is 0 Å². The third-order valence-electron chi connectivity index (χ3n) is 6.42. The van der Waals surface area contributed by atoms with Crippen LogP contribution in [0.1, 0.15) is 15.9 Å². The molecule has 0 saturated heterocycles. The number of hydrogen-bond acceptors (Lipinski definition) is 9. The van der Waals surface area contributed by atoms with Gasteiger partial charge in [0.2, 0.25) is 11.9 Å². The number of amides is 1. The van der Waals surface area contributed by atoms with Gasteiger partial charge < -0.3 is 30.5 Å². The number of carbonyl (C=O) groups excluding carboxylic acids is 2. The number of aromatic nitrogens is 2. The monoisotopic (exact) mass is 617 g/mol. The Morgan fingerprint density at radius 1 is 1.05 bits per heavy atom. The van der Waals surface area contributed by atoms with Crippen LogP contribution in [0.4, 0.5) is 38.9 Å². The molecule has 44 heavy (non-hydrogen) atoms. The summed E-state index contributed by atoms with van der Waals surface area (Å²) in [5, 5.41) is 9.44. The van der Waals surface area contributed by atoms with Crippen molar-refractivity contribution in [1.29, 1.82) is 0 Å². The Labute approximate surface area is 260 Å². The van der Waals surface area contributed by atoms with E-state index in [-0.39, 0.29) is 24.3 Å². The van der Waals surface area contributed by atoms with E-state index in [1.54, 1.807) is 54.7 Å². The number of nitrogens with zero attached hydrogens (tertiary/aromatic N) is 4. The van der Waals surface area contributed by atoms with Gasteiger partial charge in [-0.15, -0.1) is 0 Å². The van der Waals surface area contributed by atoms with Gasteiger partial charge in [0.1, 0.15) is 24.0 Å². The van der Waals surface area contributed by atoms with Crippen molar-refractivity contribution >= 4 is 58.3 Å². The molecule has 12 heteroatoms. The number of hydrogen-bond donors (Lipinski definition) is 3. The van der Waals surface area contributed by atoms with Crippen LogP contribution in [-0.4, -0.2) is 61.3 Å². The van der Waals surface area contributed by atoms with Crippen LogP contribution < -0.4 is 25.6 Å². The van der Waals surface area contributed by atoms with Crippen LogP contribution in [0.5, 0.6) is 5.75 Å². The van der Waals surface area contributed by atoms with Crippen LogP contribution in [0.15, 0.2) is 79.5 Å². The Bertz CT molecular complexity index is 1650. The first kappa shape index (κ1) is 31.9. The van der Waals surface area contributed by atoms with Gasteiger partial charge in [0.25, 0.3) is 0 Å². The van der Waals surface area contributed by atoms with E-state index in [1.807, 2.05) is 30.9 Å². The lowest BCUT2D eigenvalue weighted by molar-refractivity contribution is -0.111. The van der Waals surface area contributed by atoms with Crippen molar-refractivity contribution in [2.45, 2.75) is 6.61 Å². The van der Waals surface area contributed by atoms with Crippen LogP contribution in [-0.2, 0) is 11.4 Å². The van der Waals surface area contributed by atoms with Gasteiger partial charge in [-0.3, -0.25) is 9.59 Å². The summed E-state index contributed by atoms with van der Waals surface area (Å²) in [4.78, 5) is 37.1. The number of anilines is 6. The fourth-order valence-corrected chi connectivity index (χ4v) is 4.36. The third-order valence-corrected chi connectivity index (χ3v) is 6.72. The SMILES string of the molecule is C=CC(=O)Nc1cc(Nc2nccc(Nc3ccc(OCc4cccc(F)c4)c(Cl)c3)n2)c(C=O)cc1N(C)CCN(C)C. The van der Waals surface area contributed by atoms with Crippen molar-refractivity contribution < 1.29 is 18.7 Å². The van der Waals surface area contributed by atoms with Crippen molar-refractivity contribution in [2.75, 3.05) is 55.1 Å². The summed E-state index contributed by atoms with van der Waals surface area (Å²) in [6, 6.07) is 16.4. The molecular formula is C32H33ClFN7O3. The summed E-state index contributed by atoms with van der Waals surface area (Å²) in [7, 11) is 5.82.